The number of aromatic nitrogens is 2. The molecule has 0 aromatic carbocycles. The zero-order valence-electron chi connectivity index (χ0n) is 9.68. The fourth-order valence-corrected chi connectivity index (χ4v) is 1.76. The lowest BCUT2D eigenvalue weighted by Crippen LogP contribution is -2.20. The Bertz CT molecular complexity index is 473. The summed E-state index contributed by atoms with van der Waals surface area (Å²) >= 11 is 5.86. The van der Waals surface area contributed by atoms with Crippen LogP contribution in [0.4, 0.5) is 5.69 Å². The highest BCUT2D eigenvalue weighted by Gasteiger charge is 2.02. The molecule has 0 aliphatic rings. The summed E-state index contributed by atoms with van der Waals surface area (Å²) in [6.45, 7) is 0.900. The van der Waals surface area contributed by atoms with Gasteiger partial charge >= 0.3 is 0 Å². The van der Waals surface area contributed by atoms with E-state index in [4.69, 9.17) is 11.6 Å². The van der Waals surface area contributed by atoms with E-state index in [2.05, 4.69) is 14.9 Å². The van der Waals surface area contributed by atoms with Crippen LogP contribution >= 0.6 is 11.6 Å². The van der Waals surface area contributed by atoms with Gasteiger partial charge in [0.15, 0.2) is 0 Å². The van der Waals surface area contributed by atoms with Crippen molar-refractivity contribution in [2.24, 2.45) is 0 Å². The first-order valence-electron chi connectivity index (χ1n) is 5.48. The molecule has 17 heavy (non-hydrogen) atoms. The van der Waals surface area contributed by atoms with Crippen LogP contribution in [0.15, 0.2) is 42.7 Å². The number of halogens is 1. The van der Waals surface area contributed by atoms with Crippen molar-refractivity contribution < 1.29 is 0 Å². The molecule has 3 nitrogen and oxygen atoms in total. The van der Waals surface area contributed by atoms with Gasteiger partial charge in [-0.2, -0.15) is 0 Å². The number of nitrogens with zero attached hydrogens (tertiary/aromatic N) is 3. The number of likely N-dealkylation sites (N-methyl/N-ethyl adjacent to an activating group) is 1. The summed E-state index contributed by atoms with van der Waals surface area (Å²) in [6.07, 6.45) is 4.45. The molecule has 0 fully saturated rings. The first-order chi connectivity index (χ1) is 8.25. The van der Waals surface area contributed by atoms with Crippen LogP contribution in [0, 0.1) is 0 Å². The van der Waals surface area contributed by atoms with Gasteiger partial charge in [0.05, 0.1) is 0 Å². The number of hydrogen-bond donors (Lipinski definition) is 0. The predicted molar refractivity (Wildman–Crippen MR) is 70.5 cm³/mol. The Balaban J connectivity index is 1.96. The molecular formula is C13H14ClN3. The average molecular weight is 248 g/mol. The van der Waals surface area contributed by atoms with Crippen LogP contribution in [-0.4, -0.2) is 23.6 Å². The van der Waals surface area contributed by atoms with Gasteiger partial charge in [0.25, 0.3) is 0 Å². The van der Waals surface area contributed by atoms with Crippen molar-refractivity contribution in [1.29, 1.82) is 0 Å². The van der Waals surface area contributed by atoms with Gasteiger partial charge in [0, 0.05) is 43.8 Å². The minimum atomic E-state index is 0.521. The van der Waals surface area contributed by atoms with E-state index in [0.29, 0.717) is 5.15 Å². The summed E-state index contributed by atoms with van der Waals surface area (Å²) < 4.78 is 0. The first-order valence-corrected chi connectivity index (χ1v) is 5.86. The van der Waals surface area contributed by atoms with E-state index in [-0.39, 0.29) is 0 Å². The summed E-state index contributed by atoms with van der Waals surface area (Å²) in [5.41, 5.74) is 2.17. The molecule has 4 heteroatoms. The van der Waals surface area contributed by atoms with Crippen LogP contribution in [0.5, 0.6) is 0 Å². The maximum absolute atomic E-state index is 5.86. The Morgan fingerprint density at radius 3 is 2.76 bits per heavy atom. The molecule has 0 spiro atoms. The second-order valence-electron chi connectivity index (χ2n) is 3.83. The second kappa shape index (κ2) is 5.64. The molecule has 0 N–H and O–H groups in total. The molecule has 0 atom stereocenters. The van der Waals surface area contributed by atoms with E-state index in [9.17, 15) is 0 Å². The van der Waals surface area contributed by atoms with Crippen LogP contribution in [0.2, 0.25) is 5.15 Å². The van der Waals surface area contributed by atoms with Crippen molar-refractivity contribution >= 4 is 17.3 Å². The number of anilines is 1. The zero-order chi connectivity index (χ0) is 12.1. The van der Waals surface area contributed by atoms with Crippen molar-refractivity contribution in [2.75, 3.05) is 18.5 Å². The van der Waals surface area contributed by atoms with E-state index < -0.39 is 0 Å². The molecule has 0 saturated carbocycles. The number of hydrogen-bond acceptors (Lipinski definition) is 3. The Kier molecular flexibility index (Phi) is 3.94. The number of pyridine rings is 2. The lowest BCUT2D eigenvalue weighted by molar-refractivity contribution is 0.851. The standard InChI is InChI=1S/C13H14ClN3/c1-17(12-5-8-16-13(14)10-12)9-6-11-4-2-3-7-15-11/h2-5,7-8,10H,6,9H2,1H3. The summed E-state index contributed by atoms with van der Waals surface area (Å²) in [7, 11) is 2.04. The summed E-state index contributed by atoms with van der Waals surface area (Å²) in [5, 5.41) is 0.521. The monoisotopic (exact) mass is 247 g/mol. The van der Waals surface area contributed by atoms with Crippen molar-refractivity contribution in [1.82, 2.24) is 9.97 Å². The van der Waals surface area contributed by atoms with E-state index in [1.807, 2.05) is 43.6 Å². The molecule has 0 aliphatic carbocycles. The normalized spacial score (nSPS) is 10.2. The van der Waals surface area contributed by atoms with E-state index in [1.165, 1.54) is 0 Å². The maximum atomic E-state index is 5.86. The third-order valence-electron chi connectivity index (χ3n) is 2.58. The molecule has 2 aromatic rings. The van der Waals surface area contributed by atoms with Gasteiger partial charge in [-0.25, -0.2) is 4.98 Å². The quantitative estimate of drug-likeness (QED) is 0.778. The Morgan fingerprint density at radius 1 is 1.18 bits per heavy atom. The van der Waals surface area contributed by atoms with Crippen molar-refractivity contribution in [2.45, 2.75) is 6.42 Å². The van der Waals surface area contributed by atoms with Crippen LogP contribution in [-0.2, 0) is 6.42 Å². The lowest BCUT2D eigenvalue weighted by atomic mass is 10.2. The molecule has 88 valence electrons. The topological polar surface area (TPSA) is 29.0 Å². The lowest BCUT2D eigenvalue weighted by Gasteiger charge is -2.18. The van der Waals surface area contributed by atoms with E-state index >= 15 is 0 Å². The van der Waals surface area contributed by atoms with Gasteiger partial charge in [-0.3, -0.25) is 4.98 Å². The highest BCUT2D eigenvalue weighted by molar-refractivity contribution is 6.29. The molecule has 0 saturated heterocycles. The fourth-order valence-electron chi connectivity index (χ4n) is 1.59. The molecule has 2 rings (SSSR count). The minimum absolute atomic E-state index is 0.521. The Labute approximate surface area is 106 Å². The highest BCUT2D eigenvalue weighted by Crippen LogP contribution is 2.15. The van der Waals surface area contributed by atoms with Gasteiger partial charge < -0.3 is 4.90 Å². The molecule has 0 bridgehead atoms. The van der Waals surface area contributed by atoms with E-state index in [1.54, 1.807) is 6.20 Å². The smallest absolute Gasteiger partial charge is 0.131 e. The summed E-state index contributed by atoms with van der Waals surface area (Å²) in [5.74, 6) is 0. The summed E-state index contributed by atoms with van der Waals surface area (Å²) in [6, 6.07) is 9.78. The van der Waals surface area contributed by atoms with Gasteiger partial charge in [-0.1, -0.05) is 17.7 Å². The van der Waals surface area contributed by atoms with E-state index in [0.717, 1.165) is 24.3 Å². The largest absolute Gasteiger partial charge is 0.374 e. The first kappa shape index (κ1) is 11.9. The predicted octanol–water partition coefficient (Wildman–Crippen LogP) is 2.81. The maximum Gasteiger partial charge on any atom is 0.131 e. The van der Waals surface area contributed by atoms with Crippen molar-refractivity contribution in [3.8, 4) is 0 Å². The molecule has 2 heterocycles. The SMILES string of the molecule is CN(CCc1ccccn1)c1ccnc(Cl)c1. The van der Waals surface area contributed by atoms with Gasteiger partial charge in [-0.15, -0.1) is 0 Å². The third kappa shape index (κ3) is 3.43. The van der Waals surface area contributed by atoms with Crippen LogP contribution in [0.3, 0.4) is 0 Å². The third-order valence-corrected chi connectivity index (χ3v) is 2.79. The van der Waals surface area contributed by atoms with Crippen molar-refractivity contribution in [3.63, 3.8) is 0 Å². The number of rotatable bonds is 4. The molecule has 0 unspecified atom stereocenters. The molecular weight excluding hydrogens is 234 g/mol. The van der Waals surface area contributed by atoms with Crippen molar-refractivity contribution in [3.05, 3.63) is 53.6 Å². The molecule has 0 amide bonds. The minimum Gasteiger partial charge on any atom is -0.374 e. The van der Waals surface area contributed by atoms with Gasteiger partial charge in [-0.05, 0) is 24.3 Å². The molecule has 0 aliphatic heterocycles. The second-order valence-corrected chi connectivity index (χ2v) is 4.22. The van der Waals surface area contributed by atoms with Gasteiger partial charge in [0.1, 0.15) is 5.15 Å². The molecule has 0 radical (unpaired) electrons. The zero-order valence-corrected chi connectivity index (χ0v) is 10.4. The molecule has 2 aromatic heterocycles. The average Bonchev–Trinajstić information content (AvgIpc) is 2.37. The summed E-state index contributed by atoms with van der Waals surface area (Å²) in [4.78, 5) is 10.4. The van der Waals surface area contributed by atoms with Crippen LogP contribution in [0.25, 0.3) is 0 Å². The fraction of sp³-hybridized carbons (Fsp3) is 0.231. The van der Waals surface area contributed by atoms with Crippen LogP contribution in [0.1, 0.15) is 5.69 Å². The Morgan fingerprint density at radius 2 is 2.06 bits per heavy atom. The van der Waals surface area contributed by atoms with Crippen LogP contribution < -0.4 is 4.90 Å². The Hall–Kier alpha value is -1.61. The highest BCUT2D eigenvalue weighted by atomic mass is 35.5. The van der Waals surface area contributed by atoms with Gasteiger partial charge in [0.2, 0.25) is 0 Å².